The number of unbranched alkanes of at least 4 members (excludes halogenated alkanes) is 5. The van der Waals surface area contributed by atoms with Crippen LogP contribution in [0.2, 0.25) is 0 Å². The van der Waals surface area contributed by atoms with Gasteiger partial charge in [-0.2, -0.15) is 0 Å². The summed E-state index contributed by atoms with van der Waals surface area (Å²) in [6.07, 6.45) is 5.83. The third-order valence-corrected chi connectivity index (χ3v) is 11.1. The van der Waals surface area contributed by atoms with E-state index in [1.54, 1.807) is 35.6 Å². The highest BCUT2D eigenvalue weighted by atomic mass is 32.1. The van der Waals surface area contributed by atoms with Crippen LogP contribution in [0.4, 0.5) is 5.69 Å². The first kappa shape index (κ1) is 45.0. The Balaban J connectivity index is 1.16. The molecule has 4 atom stereocenters. The Morgan fingerprint density at radius 2 is 1.53 bits per heavy atom. The van der Waals surface area contributed by atoms with Crippen LogP contribution in [-0.4, -0.2) is 75.8 Å². The van der Waals surface area contributed by atoms with E-state index in [4.69, 9.17) is 0 Å². The van der Waals surface area contributed by atoms with E-state index in [1.165, 1.54) is 4.90 Å². The molecule has 1 saturated heterocycles. The van der Waals surface area contributed by atoms with Crippen molar-refractivity contribution in [3.63, 3.8) is 0 Å². The van der Waals surface area contributed by atoms with Gasteiger partial charge in [0.05, 0.1) is 28.2 Å². The normalized spacial score (nSPS) is 16.4. The molecule has 1 aromatic heterocycles. The number of carbonyl (C=O) groups is 5. The molecule has 57 heavy (non-hydrogen) atoms. The lowest BCUT2D eigenvalue weighted by Gasteiger charge is -2.35. The number of hydrogen-bond donors (Lipinski definition) is 6. The van der Waals surface area contributed by atoms with E-state index in [9.17, 15) is 29.1 Å². The number of anilines is 1. The lowest BCUT2D eigenvalue weighted by molar-refractivity contribution is -0.144. The van der Waals surface area contributed by atoms with Crippen LogP contribution in [0.15, 0.2) is 54.0 Å². The van der Waals surface area contributed by atoms with Crippen molar-refractivity contribution in [3.05, 3.63) is 70.9 Å². The van der Waals surface area contributed by atoms with Gasteiger partial charge in [0.15, 0.2) is 0 Å². The SMILES string of the molecule is CCCNNC(=O)c1ccc(NC(=O)CCCCCCCCC(=O)NC(C(=O)N2CC(O)CC2C(=O)NC(C)c2ccc(-c3scnc3C)cc2)C(C)(C)C)cc1. The molecule has 6 N–H and O–H groups in total. The largest absolute Gasteiger partial charge is 0.391 e. The van der Waals surface area contributed by atoms with Crippen LogP contribution in [0.25, 0.3) is 10.4 Å². The number of hydrogen-bond acceptors (Lipinski definition) is 9. The number of β-amino-alcohol motifs (C(OH)–C–C–N with tert-alkyl or cyclic N) is 1. The predicted octanol–water partition coefficient (Wildman–Crippen LogP) is 6.19. The van der Waals surface area contributed by atoms with Crippen molar-refractivity contribution < 1.29 is 29.1 Å². The zero-order valence-electron chi connectivity index (χ0n) is 34.3. The third-order valence-electron chi connectivity index (χ3n) is 10.1. The molecule has 1 fully saturated rings. The van der Waals surface area contributed by atoms with Crippen LogP contribution in [-0.2, 0) is 19.2 Å². The fourth-order valence-corrected chi connectivity index (χ4v) is 7.61. The Morgan fingerprint density at radius 1 is 0.895 bits per heavy atom. The Morgan fingerprint density at radius 3 is 2.12 bits per heavy atom. The number of thiazole rings is 1. The molecule has 13 nitrogen and oxygen atoms in total. The Bertz CT molecular complexity index is 1790. The lowest BCUT2D eigenvalue weighted by Crippen LogP contribution is -2.57. The van der Waals surface area contributed by atoms with Gasteiger partial charge in [-0.1, -0.05) is 77.6 Å². The minimum absolute atomic E-state index is 0.0167. The number of nitrogens with one attached hydrogen (secondary N) is 5. The first-order chi connectivity index (χ1) is 27.2. The molecule has 1 aliphatic rings. The number of carbonyl (C=O) groups excluding carboxylic acids is 5. The van der Waals surface area contributed by atoms with Gasteiger partial charge in [-0.25, -0.2) is 10.4 Å². The fraction of sp³-hybridized carbons (Fsp3) is 0.535. The monoisotopic (exact) mass is 803 g/mol. The highest BCUT2D eigenvalue weighted by Crippen LogP contribution is 2.30. The van der Waals surface area contributed by atoms with Gasteiger partial charge in [0.25, 0.3) is 5.91 Å². The smallest absolute Gasteiger partial charge is 0.265 e. The first-order valence-electron chi connectivity index (χ1n) is 20.2. The van der Waals surface area contributed by atoms with Crippen molar-refractivity contribution in [2.24, 2.45) is 5.41 Å². The number of aryl methyl sites for hydroxylation is 1. The van der Waals surface area contributed by atoms with E-state index >= 15 is 0 Å². The molecule has 0 aliphatic carbocycles. The summed E-state index contributed by atoms with van der Waals surface area (Å²) in [5, 5.41) is 19.4. The second-order valence-corrected chi connectivity index (χ2v) is 16.9. The van der Waals surface area contributed by atoms with Gasteiger partial charge in [-0.05, 0) is 73.9 Å². The zero-order valence-corrected chi connectivity index (χ0v) is 35.1. The first-order valence-corrected chi connectivity index (χ1v) is 21.1. The molecule has 0 spiro atoms. The van der Waals surface area contributed by atoms with Gasteiger partial charge in [0.1, 0.15) is 12.1 Å². The summed E-state index contributed by atoms with van der Waals surface area (Å²) in [7, 11) is 0. The van der Waals surface area contributed by atoms with Gasteiger partial charge in [-0.3, -0.25) is 29.4 Å². The molecular formula is C43H61N7O6S. The number of hydrazine groups is 1. The van der Waals surface area contributed by atoms with E-state index in [0.29, 0.717) is 30.6 Å². The molecule has 2 heterocycles. The molecule has 0 saturated carbocycles. The van der Waals surface area contributed by atoms with Gasteiger partial charge >= 0.3 is 0 Å². The van der Waals surface area contributed by atoms with Crippen LogP contribution < -0.4 is 26.8 Å². The van der Waals surface area contributed by atoms with Gasteiger partial charge in [0.2, 0.25) is 23.6 Å². The molecule has 2 aromatic carbocycles. The zero-order chi connectivity index (χ0) is 41.5. The van der Waals surface area contributed by atoms with Crippen LogP contribution in [0.5, 0.6) is 0 Å². The summed E-state index contributed by atoms with van der Waals surface area (Å²) in [6, 6.07) is 12.7. The summed E-state index contributed by atoms with van der Waals surface area (Å²) in [4.78, 5) is 72.1. The molecular weight excluding hydrogens is 743 g/mol. The van der Waals surface area contributed by atoms with E-state index in [2.05, 4.69) is 31.8 Å². The average Bonchev–Trinajstić information content (AvgIpc) is 3.79. The molecule has 5 amide bonds. The maximum absolute atomic E-state index is 14.0. The van der Waals surface area contributed by atoms with Crippen LogP contribution in [0.3, 0.4) is 0 Å². The van der Waals surface area contributed by atoms with Crippen molar-refractivity contribution in [1.29, 1.82) is 0 Å². The highest BCUT2D eigenvalue weighted by Gasteiger charge is 2.44. The topological polar surface area (TPSA) is 182 Å². The van der Waals surface area contributed by atoms with Crippen molar-refractivity contribution in [3.8, 4) is 10.4 Å². The molecule has 3 aromatic rings. The van der Waals surface area contributed by atoms with E-state index in [0.717, 1.165) is 60.2 Å². The lowest BCUT2D eigenvalue weighted by atomic mass is 9.85. The summed E-state index contributed by atoms with van der Waals surface area (Å²) >= 11 is 1.58. The second-order valence-electron chi connectivity index (χ2n) is 16.0. The maximum atomic E-state index is 14.0. The molecule has 4 rings (SSSR count). The molecule has 0 radical (unpaired) electrons. The van der Waals surface area contributed by atoms with Crippen LogP contribution >= 0.6 is 11.3 Å². The number of aliphatic hydroxyl groups excluding tert-OH is 1. The second kappa shape index (κ2) is 21.8. The van der Waals surface area contributed by atoms with E-state index in [-0.39, 0.29) is 55.0 Å². The standard InChI is InChI=1S/C43H61N7O6S/c1-7-24-45-49-40(54)32-20-22-33(23-21-32)47-36(52)14-12-10-8-9-11-13-15-37(53)48-39(43(4,5)6)42(56)50-26-34(51)25-35(50)41(55)46-28(2)30-16-18-31(19-17-30)38-29(3)44-27-57-38/h16-23,27-28,34-35,39,45,51H,7-15,24-26H2,1-6H3,(H,46,55)(H,47,52)(H,48,53)(H,49,54). The Hall–Kier alpha value is -4.66. The predicted molar refractivity (Wildman–Crippen MR) is 224 cm³/mol. The average molecular weight is 804 g/mol. The Kier molecular flexibility index (Phi) is 17.2. The third kappa shape index (κ3) is 13.8. The number of nitrogens with zero attached hydrogens (tertiary/aromatic N) is 2. The number of likely N-dealkylation sites (tertiary alicyclic amines) is 1. The number of benzene rings is 2. The van der Waals surface area contributed by atoms with Gasteiger partial charge in [-0.15, -0.1) is 11.3 Å². The molecule has 1 aliphatic heterocycles. The van der Waals surface area contributed by atoms with Crippen LogP contribution in [0, 0.1) is 12.3 Å². The number of amides is 5. The molecule has 0 bridgehead atoms. The van der Waals surface area contributed by atoms with Crippen molar-refractivity contribution in [1.82, 2.24) is 31.4 Å². The fourth-order valence-electron chi connectivity index (χ4n) is 6.80. The summed E-state index contributed by atoms with van der Waals surface area (Å²) in [5.41, 5.74) is 10.8. The Labute approximate surface area is 341 Å². The van der Waals surface area contributed by atoms with Gasteiger partial charge < -0.3 is 26.0 Å². The minimum atomic E-state index is -0.873. The summed E-state index contributed by atoms with van der Waals surface area (Å²) in [5.74, 6) is -1.26. The molecule has 4 unspecified atom stereocenters. The van der Waals surface area contributed by atoms with E-state index in [1.807, 2.05) is 71.3 Å². The highest BCUT2D eigenvalue weighted by molar-refractivity contribution is 7.13. The maximum Gasteiger partial charge on any atom is 0.265 e. The number of rotatable bonds is 20. The number of aliphatic hydroxyl groups is 1. The van der Waals surface area contributed by atoms with Gasteiger partial charge in [0, 0.05) is 43.6 Å². The van der Waals surface area contributed by atoms with Crippen molar-refractivity contribution >= 4 is 46.6 Å². The molecule has 14 heteroatoms. The van der Waals surface area contributed by atoms with Crippen molar-refractivity contribution in [2.45, 2.75) is 130 Å². The van der Waals surface area contributed by atoms with Crippen LogP contribution in [0.1, 0.15) is 126 Å². The number of aromatic nitrogens is 1. The summed E-state index contributed by atoms with van der Waals surface area (Å²) in [6.45, 7) is 12.2. The molecule has 310 valence electrons. The quantitative estimate of drug-likeness (QED) is 0.0578. The minimum Gasteiger partial charge on any atom is -0.391 e. The van der Waals surface area contributed by atoms with E-state index < -0.39 is 23.6 Å². The summed E-state index contributed by atoms with van der Waals surface area (Å²) < 4.78 is 0. The van der Waals surface area contributed by atoms with Crippen molar-refractivity contribution in [2.75, 3.05) is 18.4 Å².